The Morgan fingerprint density at radius 2 is 1.74 bits per heavy atom. The minimum absolute atomic E-state index is 0.242. The van der Waals surface area contributed by atoms with Crippen LogP contribution in [0.3, 0.4) is 0 Å². The molecule has 1 amide bonds. The van der Waals surface area contributed by atoms with E-state index in [1.54, 1.807) is 12.1 Å². The van der Waals surface area contributed by atoms with Crippen molar-refractivity contribution < 1.29 is 28.9 Å². The third-order valence-corrected chi connectivity index (χ3v) is 4.74. The summed E-state index contributed by atoms with van der Waals surface area (Å²) >= 11 is 0. The SMILES string of the molecule is COc1cc(C(=O)C[C@]2(O)C(=O)Nc3c(C)cccc32)cc(OC)c1OC. The van der Waals surface area contributed by atoms with E-state index in [0.29, 0.717) is 28.5 Å². The van der Waals surface area contributed by atoms with Crippen molar-refractivity contribution in [3.63, 3.8) is 0 Å². The second-order valence-electron chi connectivity index (χ2n) is 6.33. The molecule has 0 spiro atoms. The number of hydrogen-bond donors (Lipinski definition) is 2. The van der Waals surface area contributed by atoms with Gasteiger partial charge in [-0.25, -0.2) is 0 Å². The molecular formula is C20H21NO6. The Bertz CT molecular complexity index is 898. The first-order chi connectivity index (χ1) is 12.8. The van der Waals surface area contributed by atoms with Crippen LogP contribution in [-0.4, -0.2) is 38.1 Å². The molecular weight excluding hydrogens is 350 g/mol. The van der Waals surface area contributed by atoms with Crippen molar-refractivity contribution in [3.05, 3.63) is 47.0 Å². The van der Waals surface area contributed by atoms with Crippen molar-refractivity contribution in [1.29, 1.82) is 0 Å². The average molecular weight is 371 g/mol. The summed E-state index contributed by atoms with van der Waals surface area (Å²) in [6.07, 6.45) is -0.409. The zero-order valence-corrected chi connectivity index (χ0v) is 15.6. The number of aryl methyl sites for hydroxylation is 1. The number of aliphatic hydroxyl groups is 1. The molecule has 3 rings (SSSR count). The fourth-order valence-corrected chi connectivity index (χ4v) is 3.27. The lowest BCUT2D eigenvalue weighted by molar-refractivity contribution is -0.133. The first kappa shape index (κ1) is 18.7. The number of anilines is 1. The Morgan fingerprint density at radius 1 is 1.11 bits per heavy atom. The quantitative estimate of drug-likeness (QED) is 0.758. The Balaban J connectivity index is 1.99. The number of ketones is 1. The molecule has 27 heavy (non-hydrogen) atoms. The Kier molecular flexibility index (Phi) is 4.80. The van der Waals surface area contributed by atoms with Gasteiger partial charge in [-0.2, -0.15) is 0 Å². The van der Waals surface area contributed by atoms with Gasteiger partial charge >= 0.3 is 0 Å². The number of carbonyl (C=O) groups excluding carboxylic acids is 2. The molecule has 0 aromatic heterocycles. The van der Waals surface area contributed by atoms with Gasteiger partial charge in [-0.15, -0.1) is 0 Å². The van der Waals surface area contributed by atoms with Crippen molar-refractivity contribution in [1.82, 2.24) is 0 Å². The van der Waals surface area contributed by atoms with Crippen LogP contribution in [0.2, 0.25) is 0 Å². The van der Waals surface area contributed by atoms with Crippen LogP contribution < -0.4 is 19.5 Å². The molecule has 7 heteroatoms. The van der Waals surface area contributed by atoms with Crippen LogP contribution in [0.5, 0.6) is 17.2 Å². The number of hydrogen-bond acceptors (Lipinski definition) is 6. The number of carbonyl (C=O) groups is 2. The summed E-state index contributed by atoms with van der Waals surface area (Å²) < 4.78 is 15.8. The summed E-state index contributed by atoms with van der Waals surface area (Å²) in [4.78, 5) is 25.3. The molecule has 7 nitrogen and oxygen atoms in total. The summed E-state index contributed by atoms with van der Waals surface area (Å²) in [7, 11) is 4.36. The van der Waals surface area contributed by atoms with E-state index in [-0.39, 0.29) is 5.56 Å². The fraction of sp³-hybridized carbons (Fsp3) is 0.300. The van der Waals surface area contributed by atoms with Crippen molar-refractivity contribution in [3.8, 4) is 17.2 Å². The average Bonchev–Trinajstić information content (AvgIpc) is 2.92. The maximum Gasteiger partial charge on any atom is 0.261 e. The van der Waals surface area contributed by atoms with E-state index in [9.17, 15) is 14.7 Å². The number of nitrogens with one attached hydrogen (secondary N) is 1. The van der Waals surface area contributed by atoms with Crippen LogP contribution in [-0.2, 0) is 10.4 Å². The molecule has 0 bridgehead atoms. The minimum Gasteiger partial charge on any atom is -0.493 e. The van der Waals surface area contributed by atoms with Gasteiger partial charge in [0.25, 0.3) is 5.91 Å². The molecule has 1 aliphatic heterocycles. The van der Waals surface area contributed by atoms with Gasteiger partial charge in [-0.3, -0.25) is 9.59 Å². The summed E-state index contributed by atoms with van der Waals surface area (Å²) in [5.74, 6) is -0.0534. The standard InChI is InChI=1S/C20H21NO6/c1-11-6-5-7-13-17(11)21-19(23)20(13,24)10-14(22)12-8-15(25-2)18(27-4)16(9-12)26-3/h5-9,24H,10H2,1-4H3,(H,21,23)/t20-/m1/s1. The summed E-state index contributed by atoms with van der Waals surface area (Å²) in [6.45, 7) is 1.83. The highest BCUT2D eigenvalue weighted by atomic mass is 16.5. The van der Waals surface area contributed by atoms with E-state index in [2.05, 4.69) is 5.32 Å². The number of fused-ring (bicyclic) bond motifs is 1. The fourth-order valence-electron chi connectivity index (χ4n) is 3.27. The molecule has 2 aromatic carbocycles. The number of para-hydroxylation sites is 1. The first-order valence-electron chi connectivity index (χ1n) is 8.32. The van der Waals surface area contributed by atoms with Crippen LogP contribution in [0.1, 0.15) is 27.9 Å². The van der Waals surface area contributed by atoms with Gasteiger partial charge in [0.05, 0.1) is 33.4 Å². The summed E-state index contributed by atoms with van der Waals surface area (Å²) in [5, 5.41) is 13.7. The smallest absolute Gasteiger partial charge is 0.261 e. The molecule has 2 N–H and O–H groups in total. The van der Waals surface area contributed by atoms with E-state index in [0.717, 1.165) is 5.56 Å². The number of amides is 1. The molecule has 0 saturated heterocycles. The highest BCUT2D eigenvalue weighted by Gasteiger charge is 2.47. The minimum atomic E-state index is -1.93. The number of benzene rings is 2. The van der Waals surface area contributed by atoms with Crippen LogP contribution in [0.4, 0.5) is 5.69 Å². The summed E-state index contributed by atoms with van der Waals surface area (Å²) in [5.41, 5.74) is 0.0681. The maximum atomic E-state index is 12.9. The Labute approximate surface area is 156 Å². The van der Waals surface area contributed by atoms with E-state index < -0.39 is 23.7 Å². The van der Waals surface area contributed by atoms with E-state index in [1.807, 2.05) is 13.0 Å². The van der Waals surface area contributed by atoms with Gasteiger partial charge in [0, 0.05) is 11.1 Å². The second kappa shape index (κ2) is 6.92. The third kappa shape index (κ3) is 3.00. The zero-order valence-electron chi connectivity index (χ0n) is 15.6. The van der Waals surface area contributed by atoms with Crippen molar-refractivity contribution in [2.75, 3.05) is 26.6 Å². The molecule has 0 saturated carbocycles. The van der Waals surface area contributed by atoms with Gasteiger partial charge in [0.1, 0.15) is 0 Å². The van der Waals surface area contributed by atoms with Crippen LogP contribution in [0.25, 0.3) is 0 Å². The molecule has 2 aromatic rings. The molecule has 1 heterocycles. The molecule has 0 fully saturated rings. The van der Waals surface area contributed by atoms with Gasteiger partial charge in [-0.05, 0) is 24.6 Å². The Hall–Kier alpha value is -3.06. The van der Waals surface area contributed by atoms with Crippen LogP contribution >= 0.6 is 0 Å². The summed E-state index contributed by atoms with van der Waals surface area (Å²) in [6, 6.07) is 8.20. The Morgan fingerprint density at radius 3 is 2.30 bits per heavy atom. The molecule has 0 aliphatic carbocycles. The van der Waals surface area contributed by atoms with E-state index in [4.69, 9.17) is 14.2 Å². The number of Topliss-reactive ketones (excluding diaryl/α,β-unsaturated/α-hetero) is 1. The lowest BCUT2D eigenvalue weighted by atomic mass is 9.87. The predicted octanol–water partition coefficient (Wildman–Crippen LogP) is 2.43. The van der Waals surface area contributed by atoms with Crippen molar-refractivity contribution in [2.24, 2.45) is 0 Å². The van der Waals surface area contributed by atoms with Gasteiger partial charge in [0.2, 0.25) is 5.75 Å². The number of methoxy groups -OCH3 is 3. The lowest BCUT2D eigenvalue weighted by Crippen LogP contribution is -2.36. The van der Waals surface area contributed by atoms with Gasteiger partial charge in [0.15, 0.2) is 22.9 Å². The highest BCUT2D eigenvalue weighted by Crippen LogP contribution is 2.42. The molecule has 0 unspecified atom stereocenters. The second-order valence-corrected chi connectivity index (χ2v) is 6.33. The lowest BCUT2D eigenvalue weighted by Gasteiger charge is -2.21. The molecule has 0 radical (unpaired) electrons. The number of rotatable bonds is 6. The highest BCUT2D eigenvalue weighted by molar-refractivity contribution is 6.10. The zero-order chi connectivity index (χ0) is 19.8. The normalized spacial score (nSPS) is 17.9. The number of ether oxygens (including phenoxy) is 3. The van der Waals surface area contributed by atoms with Crippen LogP contribution in [0.15, 0.2) is 30.3 Å². The van der Waals surface area contributed by atoms with E-state index >= 15 is 0 Å². The van der Waals surface area contributed by atoms with E-state index in [1.165, 1.54) is 33.5 Å². The van der Waals surface area contributed by atoms with Crippen molar-refractivity contribution in [2.45, 2.75) is 18.9 Å². The van der Waals surface area contributed by atoms with Crippen molar-refractivity contribution >= 4 is 17.4 Å². The molecule has 1 atom stereocenters. The maximum absolute atomic E-state index is 12.9. The van der Waals surface area contributed by atoms with Crippen LogP contribution in [0, 0.1) is 6.92 Å². The van der Waals surface area contributed by atoms with Gasteiger partial charge in [-0.1, -0.05) is 18.2 Å². The first-order valence-corrected chi connectivity index (χ1v) is 8.32. The molecule has 142 valence electrons. The third-order valence-electron chi connectivity index (χ3n) is 4.74. The van der Waals surface area contributed by atoms with Gasteiger partial charge < -0.3 is 24.6 Å². The topological polar surface area (TPSA) is 94.1 Å². The predicted molar refractivity (Wildman–Crippen MR) is 98.8 cm³/mol. The molecule has 1 aliphatic rings. The largest absolute Gasteiger partial charge is 0.493 e. The monoisotopic (exact) mass is 371 g/mol.